The molecule has 1 aromatic carbocycles. The molecule has 0 saturated carbocycles. The molecule has 146 valence electrons. The zero-order valence-corrected chi connectivity index (χ0v) is 17.0. The van der Waals surface area contributed by atoms with Crippen LogP contribution in [0.15, 0.2) is 70.5 Å². The molecule has 0 saturated heterocycles. The minimum absolute atomic E-state index is 0.0108. The zero-order valence-electron chi connectivity index (χ0n) is 15.4. The predicted molar refractivity (Wildman–Crippen MR) is 114 cm³/mol. The second-order valence-corrected chi connectivity index (χ2v) is 8.10. The number of nitrogens with zero attached hydrogens (tertiary/aromatic N) is 3. The number of hydrogen-bond donors (Lipinski definition) is 1. The topological polar surface area (TPSA) is 71.0 Å². The summed E-state index contributed by atoms with van der Waals surface area (Å²) < 4.78 is 1.59. The molecule has 0 aliphatic carbocycles. The van der Waals surface area contributed by atoms with Crippen molar-refractivity contribution in [1.82, 2.24) is 19.7 Å². The molecule has 1 amide bonds. The number of aromatic nitrogens is 3. The number of H-pyrrole nitrogens is 1. The van der Waals surface area contributed by atoms with Gasteiger partial charge in [0.25, 0.3) is 0 Å². The van der Waals surface area contributed by atoms with Crippen LogP contribution in [0, 0.1) is 0 Å². The van der Waals surface area contributed by atoms with Crippen molar-refractivity contribution < 1.29 is 4.79 Å². The van der Waals surface area contributed by atoms with E-state index >= 15 is 0 Å². The molecule has 0 unspecified atom stereocenters. The molecule has 3 rings (SSSR count). The van der Waals surface area contributed by atoms with Gasteiger partial charge in [-0.1, -0.05) is 54.2 Å². The number of carbonyl (C=O) groups is 1. The number of amides is 1. The molecule has 0 atom stereocenters. The fourth-order valence-corrected chi connectivity index (χ4v) is 4.31. The van der Waals surface area contributed by atoms with Gasteiger partial charge in [-0.2, -0.15) is 0 Å². The van der Waals surface area contributed by atoms with Gasteiger partial charge in [0.2, 0.25) is 5.91 Å². The Bertz CT molecular complexity index is 948. The van der Waals surface area contributed by atoms with Gasteiger partial charge < -0.3 is 4.90 Å². The minimum Gasteiger partial charge on any atom is -0.333 e. The molecular weight excluding hydrogens is 392 g/mol. The molecule has 0 aliphatic heterocycles. The Morgan fingerprint density at radius 2 is 2.11 bits per heavy atom. The SMILES string of the molecule is C=CCN(Cc1cccs1)C(=O)CSc1n[nH]c(=O)n1CCc1ccccc1. The predicted octanol–water partition coefficient (Wildman–Crippen LogP) is 3.18. The van der Waals surface area contributed by atoms with E-state index in [9.17, 15) is 9.59 Å². The molecule has 8 heteroatoms. The van der Waals surface area contributed by atoms with Gasteiger partial charge in [0, 0.05) is 18.0 Å². The van der Waals surface area contributed by atoms with Crippen LogP contribution < -0.4 is 5.69 Å². The summed E-state index contributed by atoms with van der Waals surface area (Å²) in [5.41, 5.74) is 0.892. The molecule has 0 aliphatic rings. The summed E-state index contributed by atoms with van der Waals surface area (Å²) in [6, 6.07) is 14.0. The average molecular weight is 415 g/mol. The Hall–Kier alpha value is -2.58. The van der Waals surface area contributed by atoms with E-state index in [0.29, 0.717) is 24.8 Å². The summed E-state index contributed by atoms with van der Waals surface area (Å²) >= 11 is 2.90. The first-order valence-corrected chi connectivity index (χ1v) is 10.8. The number of aryl methyl sites for hydroxylation is 1. The summed E-state index contributed by atoms with van der Waals surface area (Å²) in [6.45, 7) is 5.30. The second kappa shape index (κ2) is 10.1. The number of thiophene rings is 1. The third-order valence-electron chi connectivity index (χ3n) is 4.14. The number of thioether (sulfide) groups is 1. The Morgan fingerprint density at radius 1 is 1.29 bits per heavy atom. The van der Waals surface area contributed by atoms with E-state index < -0.39 is 0 Å². The summed E-state index contributed by atoms with van der Waals surface area (Å²) in [7, 11) is 0. The number of carbonyl (C=O) groups excluding carboxylic acids is 1. The molecule has 1 N–H and O–H groups in total. The first-order valence-electron chi connectivity index (χ1n) is 8.90. The van der Waals surface area contributed by atoms with Crippen LogP contribution in [0.1, 0.15) is 10.4 Å². The summed E-state index contributed by atoms with van der Waals surface area (Å²) in [4.78, 5) is 27.6. The molecule has 28 heavy (non-hydrogen) atoms. The van der Waals surface area contributed by atoms with Crippen LogP contribution in [-0.4, -0.2) is 37.9 Å². The van der Waals surface area contributed by atoms with Crippen molar-refractivity contribution in [1.29, 1.82) is 0 Å². The highest BCUT2D eigenvalue weighted by Gasteiger charge is 2.16. The van der Waals surface area contributed by atoms with Crippen LogP contribution in [0.3, 0.4) is 0 Å². The van der Waals surface area contributed by atoms with E-state index in [1.807, 2.05) is 47.8 Å². The average Bonchev–Trinajstić information content (AvgIpc) is 3.34. The van der Waals surface area contributed by atoms with Crippen molar-refractivity contribution in [2.24, 2.45) is 0 Å². The zero-order chi connectivity index (χ0) is 19.8. The summed E-state index contributed by atoms with van der Waals surface area (Å²) in [6.07, 6.45) is 2.45. The van der Waals surface area contributed by atoms with Crippen molar-refractivity contribution in [2.75, 3.05) is 12.3 Å². The van der Waals surface area contributed by atoms with Gasteiger partial charge in [0.1, 0.15) is 0 Å². The maximum Gasteiger partial charge on any atom is 0.343 e. The van der Waals surface area contributed by atoms with Crippen LogP contribution in [-0.2, 0) is 24.3 Å². The van der Waals surface area contributed by atoms with E-state index in [1.54, 1.807) is 26.9 Å². The summed E-state index contributed by atoms with van der Waals surface area (Å²) in [5, 5.41) is 9.09. The van der Waals surface area contributed by atoms with Gasteiger partial charge in [-0.15, -0.1) is 23.0 Å². The number of hydrogen-bond acceptors (Lipinski definition) is 5. The fraction of sp³-hybridized carbons (Fsp3) is 0.250. The number of aromatic amines is 1. The smallest absolute Gasteiger partial charge is 0.333 e. The van der Waals surface area contributed by atoms with E-state index in [-0.39, 0.29) is 17.3 Å². The lowest BCUT2D eigenvalue weighted by molar-refractivity contribution is -0.128. The van der Waals surface area contributed by atoms with Gasteiger partial charge in [0.05, 0.1) is 12.3 Å². The summed E-state index contributed by atoms with van der Waals surface area (Å²) in [5.74, 6) is 0.206. The largest absolute Gasteiger partial charge is 0.343 e. The molecule has 2 aromatic heterocycles. The maximum absolute atomic E-state index is 12.7. The third-order valence-corrected chi connectivity index (χ3v) is 5.97. The van der Waals surface area contributed by atoms with Crippen LogP contribution in [0.5, 0.6) is 0 Å². The van der Waals surface area contributed by atoms with Crippen LogP contribution in [0.2, 0.25) is 0 Å². The molecule has 0 radical (unpaired) electrons. The number of benzene rings is 1. The highest BCUT2D eigenvalue weighted by molar-refractivity contribution is 7.99. The molecule has 0 fully saturated rings. The lowest BCUT2D eigenvalue weighted by Crippen LogP contribution is -2.32. The Balaban J connectivity index is 1.60. The molecule has 3 aromatic rings. The molecule has 6 nitrogen and oxygen atoms in total. The quantitative estimate of drug-likeness (QED) is 0.409. The van der Waals surface area contributed by atoms with E-state index in [1.165, 1.54) is 11.8 Å². The maximum atomic E-state index is 12.7. The normalized spacial score (nSPS) is 10.7. The molecule has 0 bridgehead atoms. The first-order chi connectivity index (χ1) is 13.7. The van der Waals surface area contributed by atoms with Crippen molar-refractivity contribution in [3.05, 3.63) is 81.4 Å². The molecule has 0 spiro atoms. The second-order valence-electron chi connectivity index (χ2n) is 6.13. The van der Waals surface area contributed by atoms with Crippen molar-refractivity contribution in [3.8, 4) is 0 Å². The van der Waals surface area contributed by atoms with E-state index in [0.717, 1.165) is 16.9 Å². The van der Waals surface area contributed by atoms with Gasteiger partial charge in [-0.25, -0.2) is 9.89 Å². The Labute approximate surface area is 171 Å². The van der Waals surface area contributed by atoms with Crippen molar-refractivity contribution in [3.63, 3.8) is 0 Å². The fourth-order valence-electron chi connectivity index (χ4n) is 2.71. The van der Waals surface area contributed by atoms with Gasteiger partial charge in [0.15, 0.2) is 5.16 Å². The highest BCUT2D eigenvalue weighted by atomic mass is 32.2. The number of nitrogens with one attached hydrogen (secondary N) is 1. The molecule has 2 heterocycles. The van der Waals surface area contributed by atoms with Gasteiger partial charge >= 0.3 is 5.69 Å². The van der Waals surface area contributed by atoms with Crippen LogP contribution in [0.4, 0.5) is 0 Å². The van der Waals surface area contributed by atoms with Crippen molar-refractivity contribution in [2.45, 2.75) is 24.7 Å². The van der Waals surface area contributed by atoms with E-state index in [2.05, 4.69) is 16.8 Å². The van der Waals surface area contributed by atoms with Crippen molar-refractivity contribution >= 4 is 29.0 Å². The van der Waals surface area contributed by atoms with E-state index in [4.69, 9.17) is 0 Å². The number of rotatable bonds is 10. The standard InChI is InChI=1S/C20H22N4O2S2/c1-2-11-23(14-17-9-6-13-27-17)18(25)15-28-20-22-21-19(26)24(20)12-10-16-7-4-3-5-8-16/h2-9,13H,1,10-12,14-15H2,(H,21,26). The first kappa shape index (κ1) is 20.2. The lowest BCUT2D eigenvalue weighted by Gasteiger charge is -2.20. The monoisotopic (exact) mass is 414 g/mol. The van der Waals surface area contributed by atoms with Crippen LogP contribution >= 0.6 is 23.1 Å². The Morgan fingerprint density at radius 3 is 2.82 bits per heavy atom. The Kier molecular flexibility index (Phi) is 7.27. The van der Waals surface area contributed by atoms with Gasteiger partial charge in [-0.05, 0) is 23.4 Å². The minimum atomic E-state index is -0.257. The highest BCUT2D eigenvalue weighted by Crippen LogP contribution is 2.17. The third kappa shape index (κ3) is 5.46. The van der Waals surface area contributed by atoms with Crippen LogP contribution in [0.25, 0.3) is 0 Å². The lowest BCUT2D eigenvalue weighted by atomic mass is 10.1. The molecular formula is C20H22N4O2S2. The van der Waals surface area contributed by atoms with Gasteiger partial charge in [-0.3, -0.25) is 9.36 Å².